The Kier molecular flexibility index (Phi) is 2.68. The van der Waals surface area contributed by atoms with Crippen LogP contribution in [0.5, 0.6) is 0 Å². The number of fused-ring (bicyclic) bond motifs is 1. The van der Waals surface area contributed by atoms with Gasteiger partial charge in [0.25, 0.3) is 0 Å². The second-order valence-corrected chi connectivity index (χ2v) is 4.94. The standard InChI is InChI=1S/C16H17N/c1-12(13-4-2-3-5-13)14-6-7-16-11-17-9-8-15(16)10-14/h6-11,13H,1-5H2. The van der Waals surface area contributed by atoms with Crippen molar-refractivity contribution in [2.45, 2.75) is 25.7 Å². The lowest BCUT2D eigenvalue weighted by Crippen LogP contribution is -1.96. The fourth-order valence-electron chi connectivity index (χ4n) is 2.79. The molecule has 2 aromatic rings. The average Bonchev–Trinajstić information content (AvgIpc) is 2.91. The number of pyridine rings is 1. The molecular weight excluding hydrogens is 206 g/mol. The van der Waals surface area contributed by atoms with E-state index in [1.165, 1.54) is 47.6 Å². The van der Waals surface area contributed by atoms with Gasteiger partial charge in [-0.1, -0.05) is 31.6 Å². The summed E-state index contributed by atoms with van der Waals surface area (Å²) in [4.78, 5) is 4.14. The number of benzene rings is 1. The third-order valence-electron chi connectivity index (χ3n) is 3.86. The minimum Gasteiger partial charge on any atom is -0.264 e. The smallest absolute Gasteiger partial charge is 0.0346 e. The first-order valence-corrected chi connectivity index (χ1v) is 6.37. The van der Waals surface area contributed by atoms with Crippen molar-refractivity contribution in [2.24, 2.45) is 5.92 Å². The molecule has 1 heterocycles. The first kappa shape index (κ1) is 10.5. The highest BCUT2D eigenvalue weighted by molar-refractivity contribution is 5.85. The van der Waals surface area contributed by atoms with E-state index in [1.54, 1.807) is 0 Å². The van der Waals surface area contributed by atoms with Gasteiger partial charge in [-0.2, -0.15) is 0 Å². The number of aromatic nitrogens is 1. The van der Waals surface area contributed by atoms with Crippen LogP contribution < -0.4 is 0 Å². The maximum atomic E-state index is 4.30. The molecule has 1 aliphatic rings. The number of rotatable bonds is 2. The van der Waals surface area contributed by atoms with Crippen LogP contribution in [0, 0.1) is 5.92 Å². The lowest BCUT2D eigenvalue weighted by molar-refractivity contribution is 0.708. The van der Waals surface area contributed by atoms with Crippen LogP contribution in [0.3, 0.4) is 0 Å². The van der Waals surface area contributed by atoms with Crippen LogP contribution in [0.4, 0.5) is 0 Å². The summed E-state index contributed by atoms with van der Waals surface area (Å²) in [5.74, 6) is 0.703. The quantitative estimate of drug-likeness (QED) is 0.733. The number of allylic oxidation sites excluding steroid dienone is 1. The van der Waals surface area contributed by atoms with Gasteiger partial charge in [0.2, 0.25) is 0 Å². The molecule has 0 aliphatic heterocycles. The van der Waals surface area contributed by atoms with Gasteiger partial charge in [0.15, 0.2) is 0 Å². The lowest BCUT2D eigenvalue weighted by Gasteiger charge is -2.13. The van der Waals surface area contributed by atoms with Crippen LogP contribution in [0.25, 0.3) is 16.3 Å². The Balaban J connectivity index is 1.97. The molecule has 86 valence electrons. The number of nitrogens with zero attached hydrogens (tertiary/aromatic N) is 1. The first-order chi connectivity index (χ1) is 8.34. The Morgan fingerprint density at radius 1 is 1.12 bits per heavy atom. The van der Waals surface area contributed by atoms with Crippen molar-refractivity contribution in [1.82, 2.24) is 4.98 Å². The molecule has 1 saturated carbocycles. The molecule has 0 bridgehead atoms. The van der Waals surface area contributed by atoms with Crippen molar-refractivity contribution >= 4 is 16.3 Å². The molecule has 0 radical (unpaired) electrons. The van der Waals surface area contributed by atoms with Crippen molar-refractivity contribution in [3.05, 3.63) is 48.8 Å². The minimum atomic E-state index is 0.703. The van der Waals surface area contributed by atoms with E-state index in [-0.39, 0.29) is 0 Å². The van der Waals surface area contributed by atoms with Gasteiger partial charge >= 0.3 is 0 Å². The summed E-state index contributed by atoms with van der Waals surface area (Å²) in [5, 5.41) is 2.46. The van der Waals surface area contributed by atoms with Crippen LogP contribution in [0.2, 0.25) is 0 Å². The van der Waals surface area contributed by atoms with E-state index in [0.717, 1.165) is 0 Å². The molecular formula is C16H17N. The van der Waals surface area contributed by atoms with Gasteiger partial charge in [0.1, 0.15) is 0 Å². The van der Waals surface area contributed by atoms with E-state index < -0.39 is 0 Å². The average molecular weight is 223 g/mol. The second-order valence-electron chi connectivity index (χ2n) is 4.94. The van der Waals surface area contributed by atoms with Crippen LogP contribution in [-0.2, 0) is 0 Å². The van der Waals surface area contributed by atoms with Gasteiger partial charge in [-0.3, -0.25) is 4.98 Å². The number of hydrogen-bond acceptors (Lipinski definition) is 1. The Labute approximate surface area is 102 Å². The fourth-order valence-corrected chi connectivity index (χ4v) is 2.79. The minimum absolute atomic E-state index is 0.703. The van der Waals surface area contributed by atoms with E-state index >= 15 is 0 Å². The Bertz CT molecular complexity index is 550. The molecule has 0 saturated heterocycles. The van der Waals surface area contributed by atoms with Gasteiger partial charge in [-0.05, 0) is 47.4 Å². The molecule has 0 spiro atoms. The van der Waals surface area contributed by atoms with Crippen LogP contribution in [-0.4, -0.2) is 4.98 Å². The van der Waals surface area contributed by atoms with Gasteiger partial charge in [-0.15, -0.1) is 0 Å². The number of hydrogen-bond donors (Lipinski definition) is 0. The Morgan fingerprint density at radius 2 is 1.94 bits per heavy atom. The topological polar surface area (TPSA) is 12.9 Å². The molecule has 1 heteroatoms. The monoisotopic (exact) mass is 223 g/mol. The third kappa shape index (κ3) is 1.97. The summed E-state index contributed by atoms with van der Waals surface area (Å²) < 4.78 is 0. The van der Waals surface area contributed by atoms with Crippen molar-refractivity contribution in [3.63, 3.8) is 0 Å². The molecule has 1 aromatic heterocycles. The molecule has 0 atom stereocenters. The van der Waals surface area contributed by atoms with Crippen LogP contribution in [0.1, 0.15) is 31.2 Å². The van der Waals surface area contributed by atoms with Crippen molar-refractivity contribution in [3.8, 4) is 0 Å². The van der Waals surface area contributed by atoms with Crippen molar-refractivity contribution in [1.29, 1.82) is 0 Å². The second kappa shape index (κ2) is 4.33. The van der Waals surface area contributed by atoms with E-state index in [9.17, 15) is 0 Å². The highest BCUT2D eigenvalue weighted by Crippen LogP contribution is 2.36. The Morgan fingerprint density at radius 3 is 2.76 bits per heavy atom. The highest BCUT2D eigenvalue weighted by Gasteiger charge is 2.18. The summed E-state index contributed by atoms with van der Waals surface area (Å²) in [6.07, 6.45) is 9.12. The third-order valence-corrected chi connectivity index (χ3v) is 3.86. The molecule has 0 unspecified atom stereocenters. The van der Waals surface area contributed by atoms with E-state index in [4.69, 9.17) is 0 Å². The van der Waals surface area contributed by atoms with Gasteiger partial charge < -0.3 is 0 Å². The van der Waals surface area contributed by atoms with Gasteiger partial charge in [-0.25, -0.2) is 0 Å². The van der Waals surface area contributed by atoms with Crippen molar-refractivity contribution < 1.29 is 0 Å². The summed E-state index contributed by atoms with van der Waals surface area (Å²) in [5.41, 5.74) is 2.62. The van der Waals surface area contributed by atoms with Crippen LogP contribution >= 0.6 is 0 Å². The first-order valence-electron chi connectivity index (χ1n) is 6.37. The molecule has 17 heavy (non-hydrogen) atoms. The maximum Gasteiger partial charge on any atom is 0.0346 e. The van der Waals surface area contributed by atoms with Crippen LogP contribution in [0.15, 0.2) is 43.2 Å². The fraction of sp³-hybridized carbons (Fsp3) is 0.312. The van der Waals surface area contributed by atoms with Gasteiger partial charge in [0.05, 0.1) is 0 Å². The molecule has 0 N–H and O–H groups in total. The molecule has 1 nitrogen and oxygen atoms in total. The van der Waals surface area contributed by atoms with Gasteiger partial charge in [0, 0.05) is 17.8 Å². The maximum absolute atomic E-state index is 4.30. The zero-order valence-corrected chi connectivity index (χ0v) is 10.0. The predicted molar refractivity (Wildman–Crippen MR) is 72.7 cm³/mol. The summed E-state index contributed by atoms with van der Waals surface area (Å²) >= 11 is 0. The molecule has 0 amide bonds. The largest absolute Gasteiger partial charge is 0.264 e. The predicted octanol–water partition coefficient (Wildman–Crippen LogP) is 4.44. The van der Waals surface area contributed by atoms with E-state index in [0.29, 0.717) is 5.92 Å². The lowest BCUT2D eigenvalue weighted by atomic mass is 9.91. The normalized spacial score (nSPS) is 16.5. The molecule has 1 fully saturated rings. The molecule has 1 aromatic carbocycles. The Hall–Kier alpha value is -1.63. The zero-order valence-electron chi connectivity index (χ0n) is 10.0. The molecule has 1 aliphatic carbocycles. The van der Waals surface area contributed by atoms with Crippen molar-refractivity contribution in [2.75, 3.05) is 0 Å². The highest BCUT2D eigenvalue weighted by atomic mass is 14.6. The SMILES string of the molecule is C=C(c1ccc2cnccc2c1)C1CCCC1. The molecule has 3 rings (SSSR count). The zero-order chi connectivity index (χ0) is 11.7. The summed E-state index contributed by atoms with van der Waals surface area (Å²) in [6.45, 7) is 4.30. The van der Waals surface area contributed by atoms with E-state index in [2.05, 4.69) is 35.8 Å². The van der Waals surface area contributed by atoms with E-state index in [1.807, 2.05) is 12.4 Å². The summed E-state index contributed by atoms with van der Waals surface area (Å²) in [6, 6.07) is 8.65. The summed E-state index contributed by atoms with van der Waals surface area (Å²) in [7, 11) is 0.